The van der Waals surface area contributed by atoms with E-state index in [1.807, 2.05) is 0 Å². The summed E-state index contributed by atoms with van der Waals surface area (Å²) in [5.41, 5.74) is 0. The molecule has 0 spiro atoms. The number of carboxylic acid groups (broad SMARTS) is 1. The molecule has 0 saturated heterocycles. The van der Waals surface area contributed by atoms with E-state index in [4.69, 9.17) is 10.00 Å². The van der Waals surface area contributed by atoms with E-state index in [1.54, 1.807) is 0 Å². The Morgan fingerprint density at radius 3 is 2.14 bits per heavy atom. The van der Waals surface area contributed by atoms with Gasteiger partial charge in [-0.1, -0.05) is 0 Å². The molecule has 0 bridgehead atoms. The molecule has 1 atom stereocenters. The monoisotopic (exact) mass is 125 g/mol. The van der Waals surface area contributed by atoms with Crippen molar-refractivity contribution in [3.05, 3.63) is 0 Å². The first-order valence-electron chi connectivity index (χ1n) is 1.20. The number of rotatable bonds is 1. The molecule has 0 aromatic rings. The van der Waals surface area contributed by atoms with Crippen molar-refractivity contribution in [3.63, 3.8) is 0 Å². The van der Waals surface area contributed by atoms with Crippen molar-refractivity contribution in [2.24, 2.45) is 0 Å². The molecule has 0 radical (unpaired) electrons. The SMILES string of the molecule is O=C(O)O[P+](=O)O. The maximum atomic E-state index is 9.35. The van der Waals surface area contributed by atoms with Crippen molar-refractivity contribution >= 4 is 14.4 Å². The predicted octanol–water partition coefficient (Wildman–Crippen LogP) is 0.331. The minimum absolute atomic E-state index is 1.75. The van der Waals surface area contributed by atoms with E-state index in [2.05, 4.69) is 4.52 Å². The lowest BCUT2D eigenvalue weighted by molar-refractivity contribution is 0.142. The average Bonchev–Trinajstić information content (AvgIpc) is 1.27. The third-order valence-corrected chi connectivity index (χ3v) is 0.469. The summed E-state index contributed by atoms with van der Waals surface area (Å²) < 4.78 is 12.6. The lowest BCUT2D eigenvalue weighted by atomic mass is 11.5. The van der Waals surface area contributed by atoms with E-state index in [9.17, 15) is 9.36 Å². The van der Waals surface area contributed by atoms with Gasteiger partial charge in [0.2, 0.25) is 0 Å². The zero-order chi connectivity index (χ0) is 5.86. The Labute approximate surface area is 39.5 Å². The van der Waals surface area contributed by atoms with Gasteiger partial charge in [-0.05, 0) is 0 Å². The number of carbonyl (C=O) groups is 1. The summed E-state index contributed by atoms with van der Waals surface area (Å²) >= 11 is 0. The topological polar surface area (TPSA) is 83.8 Å². The van der Waals surface area contributed by atoms with Crippen molar-refractivity contribution in [1.29, 1.82) is 0 Å². The van der Waals surface area contributed by atoms with Gasteiger partial charge in [0.15, 0.2) is 0 Å². The summed E-state index contributed by atoms with van der Waals surface area (Å²) in [4.78, 5) is 16.9. The van der Waals surface area contributed by atoms with E-state index >= 15 is 0 Å². The van der Waals surface area contributed by atoms with Crippen LogP contribution in [0, 0.1) is 0 Å². The molecule has 0 aliphatic heterocycles. The van der Waals surface area contributed by atoms with Gasteiger partial charge in [0.25, 0.3) is 0 Å². The van der Waals surface area contributed by atoms with E-state index in [1.165, 1.54) is 0 Å². The maximum Gasteiger partial charge on any atom is 0.753 e. The molecule has 0 heterocycles. The van der Waals surface area contributed by atoms with Crippen LogP contribution in [0.15, 0.2) is 0 Å². The van der Waals surface area contributed by atoms with E-state index in [-0.39, 0.29) is 0 Å². The number of hydrogen-bond acceptors (Lipinski definition) is 3. The van der Waals surface area contributed by atoms with Crippen LogP contribution >= 0.6 is 8.25 Å². The van der Waals surface area contributed by atoms with Crippen LogP contribution in [0.2, 0.25) is 0 Å². The predicted molar refractivity (Wildman–Crippen MR) is 18.9 cm³/mol. The van der Waals surface area contributed by atoms with Crippen LogP contribution in [0.5, 0.6) is 0 Å². The molecule has 2 N–H and O–H groups in total. The first kappa shape index (κ1) is 6.33. The summed E-state index contributed by atoms with van der Waals surface area (Å²) in [7, 11) is -2.99. The first-order chi connectivity index (χ1) is 3.13. The smallest absolute Gasteiger partial charge is 0.447 e. The molecular weight excluding hydrogens is 123 g/mol. The molecule has 0 aromatic heterocycles. The molecule has 1 unspecified atom stereocenters. The van der Waals surface area contributed by atoms with E-state index in [0.717, 1.165) is 0 Å². The maximum absolute atomic E-state index is 9.35. The lowest BCUT2D eigenvalue weighted by Crippen LogP contribution is -1.89. The van der Waals surface area contributed by atoms with E-state index < -0.39 is 14.4 Å². The van der Waals surface area contributed by atoms with E-state index in [0.29, 0.717) is 0 Å². The van der Waals surface area contributed by atoms with Crippen LogP contribution in [0.4, 0.5) is 4.79 Å². The van der Waals surface area contributed by atoms with Crippen LogP contribution in [-0.4, -0.2) is 16.2 Å². The highest BCUT2D eigenvalue weighted by Crippen LogP contribution is 2.13. The van der Waals surface area contributed by atoms with Crippen LogP contribution in [0.3, 0.4) is 0 Å². The van der Waals surface area contributed by atoms with Crippen LogP contribution < -0.4 is 0 Å². The van der Waals surface area contributed by atoms with Crippen LogP contribution in [-0.2, 0) is 9.09 Å². The van der Waals surface area contributed by atoms with Gasteiger partial charge < -0.3 is 5.11 Å². The van der Waals surface area contributed by atoms with Crippen molar-refractivity contribution in [2.75, 3.05) is 0 Å². The second kappa shape index (κ2) is 2.49. The van der Waals surface area contributed by atoms with Gasteiger partial charge in [-0.15, -0.1) is 9.42 Å². The molecule has 40 valence electrons. The molecule has 0 aromatic carbocycles. The fourth-order valence-corrected chi connectivity index (χ4v) is 0.200. The third-order valence-electron chi connectivity index (χ3n) is 0.156. The quantitative estimate of drug-likeness (QED) is 0.493. The van der Waals surface area contributed by atoms with Gasteiger partial charge in [0, 0.05) is 4.57 Å². The Bertz CT molecular complexity index is 84.3. The zero-order valence-corrected chi connectivity index (χ0v) is 3.96. The van der Waals surface area contributed by atoms with Crippen molar-refractivity contribution in [1.82, 2.24) is 0 Å². The Hall–Kier alpha value is -0.670. The highest BCUT2D eigenvalue weighted by atomic mass is 31.1. The molecule has 0 aliphatic rings. The molecule has 5 nitrogen and oxygen atoms in total. The van der Waals surface area contributed by atoms with Crippen molar-refractivity contribution in [3.8, 4) is 0 Å². The molecule has 0 fully saturated rings. The van der Waals surface area contributed by atoms with Gasteiger partial charge >= 0.3 is 14.4 Å². The highest BCUT2D eigenvalue weighted by Gasteiger charge is 2.17. The standard InChI is InChI=1S/CHO5P/c2-1(3)6-7(4)5/h(H-,2,3,4,5)/p+1. The summed E-state index contributed by atoms with van der Waals surface area (Å²) in [6.07, 6.45) is -1.75. The molecule has 0 saturated carbocycles. The molecule has 0 aliphatic carbocycles. The lowest BCUT2D eigenvalue weighted by Gasteiger charge is -1.69. The highest BCUT2D eigenvalue weighted by molar-refractivity contribution is 7.32. The molecule has 7 heavy (non-hydrogen) atoms. The van der Waals surface area contributed by atoms with Gasteiger partial charge in [0.05, 0.1) is 0 Å². The zero-order valence-electron chi connectivity index (χ0n) is 3.07. The number of hydrogen-bond donors (Lipinski definition) is 2. The second-order valence-corrected chi connectivity index (χ2v) is 1.25. The Morgan fingerprint density at radius 1 is 1.71 bits per heavy atom. The Balaban J connectivity index is 3.32. The molecule has 0 amide bonds. The summed E-state index contributed by atoms with van der Waals surface area (Å²) in [6, 6.07) is 0. The molecule has 0 rings (SSSR count). The minimum Gasteiger partial charge on any atom is -0.447 e. The fraction of sp³-hybridized carbons (Fsp3) is 0. The molecular formula is CH2O5P+. The molecule has 6 heteroatoms. The van der Waals surface area contributed by atoms with Crippen LogP contribution in [0.1, 0.15) is 0 Å². The summed E-state index contributed by atoms with van der Waals surface area (Å²) in [5, 5.41) is 7.52. The second-order valence-electron chi connectivity index (χ2n) is 0.595. The first-order valence-corrected chi connectivity index (χ1v) is 2.33. The normalized spacial score (nSPS) is 10.1. The average molecular weight is 125 g/mol. The van der Waals surface area contributed by atoms with Gasteiger partial charge in [-0.25, -0.2) is 0 Å². The largest absolute Gasteiger partial charge is 0.753 e. The Kier molecular flexibility index (Phi) is 2.26. The fourth-order valence-electron chi connectivity index (χ4n) is 0.0668. The van der Waals surface area contributed by atoms with Crippen molar-refractivity contribution < 1.29 is 23.9 Å². The summed E-state index contributed by atoms with van der Waals surface area (Å²) in [6.45, 7) is 0. The van der Waals surface area contributed by atoms with Gasteiger partial charge in [-0.2, -0.15) is 4.79 Å². The van der Waals surface area contributed by atoms with Gasteiger partial charge in [-0.3, -0.25) is 0 Å². The summed E-state index contributed by atoms with van der Waals surface area (Å²) in [5.74, 6) is 0. The Morgan fingerprint density at radius 2 is 2.14 bits per heavy atom. The third kappa shape index (κ3) is 5.33. The van der Waals surface area contributed by atoms with Crippen molar-refractivity contribution in [2.45, 2.75) is 0 Å². The van der Waals surface area contributed by atoms with Crippen LogP contribution in [0.25, 0.3) is 0 Å². The minimum atomic E-state index is -2.99. The van der Waals surface area contributed by atoms with Gasteiger partial charge in [0.1, 0.15) is 0 Å².